The fourth-order valence-electron chi connectivity index (χ4n) is 2.42. The lowest BCUT2D eigenvalue weighted by Crippen LogP contribution is -2.37. The average molecular weight is 345 g/mol. The highest BCUT2D eigenvalue weighted by molar-refractivity contribution is 5.70. The van der Waals surface area contributed by atoms with Gasteiger partial charge in [0.15, 0.2) is 6.29 Å². The van der Waals surface area contributed by atoms with Crippen LogP contribution in [0.3, 0.4) is 0 Å². The van der Waals surface area contributed by atoms with E-state index in [1.54, 1.807) is 0 Å². The van der Waals surface area contributed by atoms with Crippen molar-refractivity contribution < 1.29 is 14.6 Å². The highest BCUT2D eigenvalue weighted by Gasteiger charge is 2.23. The number of aliphatic carboxylic acids is 1. The summed E-state index contributed by atoms with van der Waals surface area (Å²) in [5, 5.41) is 15.0. The third-order valence-corrected chi connectivity index (χ3v) is 3.44. The van der Waals surface area contributed by atoms with Gasteiger partial charge in [-0.2, -0.15) is 4.68 Å². The summed E-state index contributed by atoms with van der Waals surface area (Å²) in [5.41, 5.74) is 3.39. The molecule has 132 valence electrons. The number of hydrogen-bond acceptors (Lipinski definition) is 7. The smallest absolute Gasteiger partial charge is 0.308 e. The first kappa shape index (κ1) is 16.6. The second-order valence-corrected chi connectivity index (χ2v) is 5.86. The summed E-state index contributed by atoms with van der Waals surface area (Å²) in [6.07, 6.45) is 0.544. The molecule has 1 aromatic carbocycles. The minimum absolute atomic E-state index is 0.101. The maximum Gasteiger partial charge on any atom is 0.308 e. The molecule has 25 heavy (non-hydrogen) atoms. The number of nitrogens with zero attached hydrogens (tertiary/aromatic N) is 2. The van der Waals surface area contributed by atoms with E-state index in [0.29, 0.717) is 5.95 Å². The van der Waals surface area contributed by atoms with Crippen LogP contribution in [0.5, 0.6) is 5.75 Å². The highest BCUT2D eigenvalue weighted by atomic mass is 16.5. The number of aromatic nitrogens is 2. The lowest BCUT2D eigenvalue weighted by molar-refractivity contribution is -0.136. The van der Waals surface area contributed by atoms with Crippen LogP contribution in [0.15, 0.2) is 35.3 Å². The van der Waals surface area contributed by atoms with Gasteiger partial charge in [0.25, 0.3) is 5.56 Å². The molecule has 9 heteroatoms. The zero-order chi connectivity index (χ0) is 18.0. The number of benzene rings is 1. The van der Waals surface area contributed by atoms with Crippen molar-refractivity contribution in [1.82, 2.24) is 9.66 Å². The number of carbonyl (C=O) groups is 1. The van der Waals surface area contributed by atoms with Crippen molar-refractivity contribution in [2.45, 2.75) is 32.7 Å². The van der Waals surface area contributed by atoms with Crippen LogP contribution in [-0.2, 0) is 11.2 Å². The fraction of sp³-hybridized carbons (Fsp3) is 0.312. The van der Waals surface area contributed by atoms with Gasteiger partial charge >= 0.3 is 5.97 Å². The molecular formula is C16H19N5O4. The summed E-state index contributed by atoms with van der Waals surface area (Å²) in [7, 11) is 0. The van der Waals surface area contributed by atoms with Gasteiger partial charge in [-0.05, 0) is 38.1 Å². The first-order valence-corrected chi connectivity index (χ1v) is 7.81. The fourth-order valence-corrected chi connectivity index (χ4v) is 2.42. The quantitative estimate of drug-likeness (QED) is 0.613. The molecule has 0 saturated carbocycles. The molecule has 0 bridgehead atoms. The minimum atomic E-state index is -1.08. The molecule has 2 heterocycles. The van der Waals surface area contributed by atoms with Gasteiger partial charge in [-0.3, -0.25) is 15.0 Å². The van der Waals surface area contributed by atoms with Crippen molar-refractivity contribution in [3.05, 3.63) is 46.4 Å². The summed E-state index contributed by atoms with van der Waals surface area (Å²) < 4.78 is 6.79. The molecule has 1 aromatic heterocycles. The lowest BCUT2D eigenvalue weighted by Gasteiger charge is -2.15. The number of hydrogen-bond donors (Lipinski definition) is 4. The van der Waals surface area contributed by atoms with Crippen LogP contribution < -0.4 is 26.4 Å². The third-order valence-electron chi connectivity index (χ3n) is 3.44. The maximum absolute atomic E-state index is 12.3. The SMILES string of the molecule is CC(C)Oc1ccc(NC2Nc3ncc(CC(=O)O)c(=O)n3N2)cc1. The van der Waals surface area contributed by atoms with E-state index in [1.165, 1.54) is 10.9 Å². The topological polar surface area (TPSA) is 118 Å². The van der Waals surface area contributed by atoms with Crippen molar-refractivity contribution in [1.29, 1.82) is 0 Å². The molecular weight excluding hydrogens is 326 g/mol. The van der Waals surface area contributed by atoms with E-state index in [4.69, 9.17) is 9.84 Å². The molecule has 4 N–H and O–H groups in total. The molecule has 0 spiro atoms. The number of ether oxygens (including phenoxy) is 1. The van der Waals surface area contributed by atoms with E-state index < -0.39 is 17.8 Å². The minimum Gasteiger partial charge on any atom is -0.491 e. The van der Waals surface area contributed by atoms with Crippen molar-refractivity contribution >= 4 is 17.6 Å². The Bertz CT molecular complexity index is 831. The second-order valence-electron chi connectivity index (χ2n) is 5.86. The van der Waals surface area contributed by atoms with Crippen LogP contribution in [0.2, 0.25) is 0 Å². The van der Waals surface area contributed by atoms with E-state index in [1.807, 2.05) is 38.1 Å². The Hall–Kier alpha value is -3.23. The zero-order valence-corrected chi connectivity index (χ0v) is 13.8. The summed E-state index contributed by atoms with van der Waals surface area (Å²) >= 11 is 0. The Morgan fingerprint density at radius 1 is 1.40 bits per heavy atom. The van der Waals surface area contributed by atoms with Gasteiger partial charge in [-0.25, -0.2) is 4.98 Å². The number of carboxylic acid groups (broad SMARTS) is 1. The van der Waals surface area contributed by atoms with Gasteiger partial charge in [0.2, 0.25) is 5.95 Å². The summed E-state index contributed by atoms with van der Waals surface area (Å²) in [4.78, 5) is 27.1. The van der Waals surface area contributed by atoms with Crippen LogP contribution >= 0.6 is 0 Å². The van der Waals surface area contributed by atoms with Gasteiger partial charge in [-0.15, -0.1) is 0 Å². The number of carboxylic acids is 1. The Kier molecular flexibility index (Phi) is 4.46. The predicted octanol–water partition coefficient (Wildman–Crippen LogP) is 1.02. The molecule has 0 radical (unpaired) electrons. The molecule has 1 aliphatic heterocycles. The van der Waals surface area contributed by atoms with Crippen molar-refractivity contribution in [2.75, 3.05) is 16.1 Å². The van der Waals surface area contributed by atoms with E-state index in [2.05, 4.69) is 21.0 Å². The van der Waals surface area contributed by atoms with Gasteiger partial charge in [0, 0.05) is 17.4 Å². The Labute approximate surface area is 143 Å². The maximum atomic E-state index is 12.3. The van der Waals surface area contributed by atoms with Crippen molar-refractivity contribution in [3.63, 3.8) is 0 Å². The first-order chi connectivity index (χ1) is 11.9. The average Bonchev–Trinajstić information content (AvgIpc) is 2.95. The molecule has 1 aliphatic rings. The molecule has 9 nitrogen and oxygen atoms in total. The Morgan fingerprint density at radius 2 is 2.12 bits per heavy atom. The van der Waals surface area contributed by atoms with Crippen molar-refractivity contribution in [2.24, 2.45) is 0 Å². The molecule has 0 saturated heterocycles. The largest absolute Gasteiger partial charge is 0.491 e. The Balaban J connectivity index is 1.69. The second kappa shape index (κ2) is 6.71. The standard InChI is InChI=1S/C16H19N5O4/c1-9(2)25-12-5-3-11(4-6-12)18-15-19-16-17-8-10(7-13(22)23)14(24)21(16)20-15/h3-6,8-9,15,18,20H,7H2,1-2H3,(H,17,19)(H,22,23). The van der Waals surface area contributed by atoms with Gasteiger partial charge in [0.05, 0.1) is 12.5 Å². The van der Waals surface area contributed by atoms with Gasteiger partial charge in [-0.1, -0.05) is 0 Å². The number of anilines is 2. The third kappa shape index (κ3) is 3.82. The summed E-state index contributed by atoms with van der Waals surface area (Å²) in [5.74, 6) is 0.00700. The lowest BCUT2D eigenvalue weighted by atomic mass is 10.2. The van der Waals surface area contributed by atoms with E-state index in [9.17, 15) is 9.59 Å². The zero-order valence-electron chi connectivity index (χ0n) is 13.8. The summed E-state index contributed by atoms with van der Waals surface area (Å²) in [6, 6.07) is 7.41. The molecule has 0 fully saturated rings. The normalized spacial score (nSPS) is 15.2. The van der Waals surface area contributed by atoms with E-state index >= 15 is 0 Å². The van der Waals surface area contributed by atoms with E-state index in [-0.39, 0.29) is 18.1 Å². The van der Waals surface area contributed by atoms with Crippen LogP contribution in [-0.4, -0.2) is 33.1 Å². The first-order valence-electron chi connectivity index (χ1n) is 7.81. The highest BCUT2D eigenvalue weighted by Crippen LogP contribution is 2.18. The number of rotatable bonds is 6. The van der Waals surface area contributed by atoms with Crippen LogP contribution in [0.1, 0.15) is 19.4 Å². The molecule has 1 atom stereocenters. The monoisotopic (exact) mass is 345 g/mol. The van der Waals surface area contributed by atoms with Crippen LogP contribution in [0.25, 0.3) is 0 Å². The van der Waals surface area contributed by atoms with Crippen LogP contribution in [0.4, 0.5) is 11.6 Å². The van der Waals surface area contributed by atoms with E-state index in [0.717, 1.165) is 11.4 Å². The molecule has 2 aromatic rings. The molecule has 3 rings (SSSR count). The molecule has 1 unspecified atom stereocenters. The van der Waals surface area contributed by atoms with Crippen molar-refractivity contribution in [3.8, 4) is 5.75 Å². The molecule has 0 aliphatic carbocycles. The van der Waals surface area contributed by atoms with Gasteiger partial charge in [0.1, 0.15) is 5.75 Å². The summed E-state index contributed by atoms with van der Waals surface area (Å²) in [6.45, 7) is 3.91. The van der Waals surface area contributed by atoms with Crippen LogP contribution in [0, 0.1) is 0 Å². The Morgan fingerprint density at radius 3 is 2.76 bits per heavy atom. The van der Waals surface area contributed by atoms with Gasteiger partial charge < -0.3 is 20.5 Å². The number of nitrogens with one attached hydrogen (secondary N) is 3. The molecule has 0 amide bonds. The number of fused-ring (bicyclic) bond motifs is 1. The predicted molar refractivity (Wildman–Crippen MR) is 92.4 cm³/mol.